The van der Waals surface area contributed by atoms with Gasteiger partial charge in [0, 0.05) is 0 Å². The Hall–Kier alpha value is 0.00429. The molecule has 0 aromatic heterocycles. The van der Waals surface area contributed by atoms with Gasteiger partial charge in [-0.3, -0.25) is 0 Å². The number of hydrogen-bond donors (Lipinski definition) is 0. The predicted molar refractivity (Wildman–Crippen MR) is 33.7 cm³/mol. The quantitative estimate of drug-likeness (QED) is 0.309. The average molecular weight is 292 g/mol. The van der Waals surface area contributed by atoms with Crippen LogP contribution in [0, 0.1) is 10.1 Å². The number of nitro groups is 1. The number of halogens is 3. The maximum Gasteiger partial charge on any atom is -1.00 e. The molecule has 1 aromatic rings. The predicted octanol–water partition coefficient (Wildman–Crippen LogP) is -7.55. The Morgan fingerprint density at radius 1 is 1.21 bits per heavy atom. The van der Waals surface area contributed by atoms with Crippen molar-refractivity contribution >= 4 is 5.69 Å². The van der Waals surface area contributed by atoms with E-state index in [0.717, 1.165) is 0 Å². The first-order valence-corrected chi connectivity index (χ1v) is 3.46. The van der Waals surface area contributed by atoms with Crippen LogP contribution < -0.4 is 40.5 Å². The van der Waals surface area contributed by atoms with Gasteiger partial charge in [-0.1, -0.05) is 0 Å². The Bertz CT molecular complexity index is 287. The van der Waals surface area contributed by atoms with Gasteiger partial charge in [-0.25, -0.2) is 0 Å². The van der Waals surface area contributed by atoms with E-state index in [1.165, 1.54) is 26.9 Å². The van der Waals surface area contributed by atoms with Crippen molar-refractivity contribution in [1.82, 2.24) is 0 Å². The van der Waals surface area contributed by atoms with E-state index in [1.54, 1.807) is 18.2 Å². The Balaban J connectivity index is -0.000000403. The molecular formula is C6H4Cl3NO3Ti. The SMILES string of the molecule is O=[N+]([O-])c1ccccc1[O][Ti+3].[Cl-].[Cl-].[Cl-]. The zero-order valence-electron chi connectivity index (χ0n) is 6.62. The van der Waals surface area contributed by atoms with Crippen LogP contribution in [0.3, 0.4) is 0 Å². The first-order chi connectivity index (χ1) is 5.25. The fraction of sp³-hybridized carbons (Fsp3) is 0. The van der Waals surface area contributed by atoms with Crippen molar-refractivity contribution in [3.05, 3.63) is 34.4 Å². The molecule has 0 unspecified atom stereocenters. The van der Waals surface area contributed by atoms with Crippen molar-refractivity contribution in [1.29, 1.82) is 0 Å². The normalized spacial score (nSPS) is 7.29. The third-order valence-electron chi connectivity index (χ3n) is 1.17. The van der Waals surface area contributed by atoms with E-state index >= 15 is 0 Å². The molecule has 0 aliphatic carbocycles. The van der Waals surface area contributed by atoms with Crippen molar-refractivity contribution in [2.75, 3.05) is 0 Å². The minimum Gasteiger partial charge on any atom is -1.00 e. The molecule has 0 heterocycles. The second-order valence-electron chi connectivity index (χ2n) is 1.83. The van der Waals surface area contributed by atoms with Gasteiger partial charge in [0.25, 0.3) is 0 Å². The Kier molecular flexibility index (Phi) is 13.3. The summed E-state index contributed by atoms with van der Waals surface area (Å²) in [4.78, 5) is 9.83. The molecule has 8 heteroatoms. The Morgan fingerprint density at radius 3 is 2.07 bits per heavy atom. The number of benzene rings is 1. The van der Waals surface area contributed by atoms with Gasteiger partial charge in [-0.15, -0.1) is 0 Å². The number of nitrogens with zero attached hydrogens (tertiary/aromatic N) is 1. The molecule has 0 N–H and O–H groups in total. The molecule has 0 saturated heterocycles. The zero-order valence-corrected chi connectivity index (χ0v) is 10.4. The van der Waals surface area contributed by atoms with E-state index in [-0.39, 0.29) is 48.7 Å². The van der Waals surface area contributed by atoms with Gasteiger partial charge in [0.05, 0.1) is 0 Å². The van der Waals surface area contributed by atoms with Crippen LogP contribution >= 0.6 is 0 Å². The number of para-hydroxylation sites is 2. The van der Waals surface area contributed by atoms with Crippen molar-refractivity contribution in [3.8, 4) is 5.75 Å². The van der Waals surface area contributed by atoms with E-state index in [4.69, 9.17) is 3.32 Å². The van der Waals surface area contributed by atoms with Crippen molar-refractivity contribution in [3.63, 3.8) is 0 Å². The standard InChI is InChI=1S/C6H5NO3.3ClH.Ti/c8-6-4-2-1-3-5(6)7(9)10;;;;/h1-4,8H;3*1H;/q;;;;+4/p-4. The minimum absolute atomic E-state index is 0. The second kappa shape index (κ2) is 9.56. The molecule has 76 valence electrons. The third-order valence-corrected chi connectivity index (χ3v) is 1.52. The smallest absolute Gasteiger partial charge is 1.00 e. The second-order valence-corrected chi connectivity index (χ2v) is 2.15. The first-order valence-electron chi connectivity index (χ1n) is 2.82. The molecule has 0 bridgehead atoms. The summed E-state index contributed by atoms with van der Waals surface area (Å²) in [5, 5.41) is 10.3. The monoisotopic (exact) mass is 291 g/mol. The summed E-state index contributed by atoms with van der Waals surface area (Å²) in [6.07, 6.45) is 0. The summed E-state index contributed by atoms with van der Waals surface area (Å²) >= 11 is 1.41. The number of hydrogen-bond acceptors (Lipinski definition) is 3. The van der Waals surface area contributed by atoms with Crippen molar-refractivity contribution < 1.29 is 66.3 Å². The van der Waals surface area contributed by atoms with E-state index in [1.807, 2.05) is 0 Å². The Morgan fingerprint density at radius 2 is 1.71 bits per heavy atom. The van der Waals surface area contributed by atoms with Crippen molar-refractivity contribution in [2.45, 2.75) is 0 Å². The number of rotatable bonds is 2. The van der Waals surface area contributed by atoms with Gasteiger partial charge in [-0.05, 0) is 0 Å². The van der Waals surface area contributed by atoms with Crippen LogP contribution in [0.15, 0.2) is 24.3 Å². The summed E-state index contributed by atoms with van der Waals surface area (Å²) < 4.78 is 4.76. The maximum atomic E-state index is 10.3. The summed E-state index contributed by atoms with van der Waals surface area (Å²) in [5.74, 6) is 0.289. The largest absolute Gasteiger partial charge is 1.00 e. The van der Waals surface area contributed by atoms with Crippen LogP contribution in [0.1, 0.15) is 0 Å². The van der Waals surface area contributed by atoms with Crippen LogP contribution in [0.4, 0.5) is 5.69 Å². The summed E-state index contributed by atoms with van der Waals surface area (Å²) in [6.45, 7) is 0. The molecule has 1 aromatic carbocycles. The van der Waals surface area contributed by atoms with Crippen LogP contribution in [0.25, 0.3) is 0 Å². The fourth-order valence-electron chi connectivity index (χ4n) is 0.694. The van der Waals surface area contributed by atoms with Crippen LogP contribution in [0.2, 0.25) is 0 Å². The molecule has 1 rings (SSSR count). The first kappa shape index (κ1) is 19.6. The molecule has 0 fully saturated rings. The van der Waals surface area contributed by atoms with Gasteiger partial charge >= 0.3 is 74.9 Å². The molecule has 0 saturated carbocycles. The summed E-state index contributed by atoms with van der Waals surface area (Å²) in [6, 6.07) is 6.24. The van der Waals surface area contributed by atoms with Gasteiger partial charge in [-0.2, -0.15) is 0 Å². The molecule has 0 aliphatic rings. The maximum absolute atomic E-state index is 10.3. The molecule has 0 atom stereocenters. The summed E-state index contributed by atoms with van der Waals surface area (Å²) in [7, 11) is 0. The van der Waals surface area contributed by atoms with Gasteiger partial charge < -0.3 is 37.2 Å². The molecule has 0 amide bonds. The van der Waals surface area contributed by atoms with E-state index in [2.05, 4.69) is 0 Å². The molecule has 14 heavy (non-hydrogen) atoms. The molecule has 0 spiro atoms. The topological polar surface area (TPSA) is 52.4 Å². The van der Waals surface area contributed by atoms with E-state index < -0.39 is 4.92 Å². The van der Waals surface area contributed by atoms with Crippen molar-refractivity contribution in [2.24, 2.45) is 0 Å². The molecular weight excluding hydrogens is 288 g/mol. The van der Waals surface area contributed by atoms with Crippen LogP contribution in [0.5, 0.6) is 5.75 Å². The van der Waals surface area contributed by atoms with E-state index in [9.17, 15) is 10.1 Å². The van der Waals surface area contributed by atoms with Gasteiger partial charge in [0.2, 0.25) is 0 Å². The zero-order chi connectivity index (χ0) is 8.27. The molecule has 4 nitrogen and oxygen atoms in total. The number of nitro benzene ring substituents is 1. The van der Waals surface area contributed by atoms with Crippen LogP contribution in [-0.4, -0.2) is 4.92 Å². The van der Waals surface area contributed by atoms with Gasteiger partial charge in [0.1, 0.15) is 0 Å². The summed E-state index contributed by atoms with van der Waals surface area (Å²) in [5.41, 5.74) is -0.00463. The minimum atomic E-state index is -0.473. The molecule has 0 radical (unpaired) electrons. The third kappa shape index (κ3) is 5.03. The molecule has 0 aliphatic heterocycles. The van der Waals surface area contributed by atoms with E-state index in [0.29, 0.717) is 0 Å². The fourth-order valence-corrected chi connectivity index (χ4v) is 0.964. The van der Waals surface area contributed by atoms with Crippen LogP contribution in [-0.2, 0) is 20.8 Å². The average Bonchev–Trinajstić information content (AvgIpc) is 2.04. The van der Waals surface area contributed by atoms with Gasteiger partial charge in [0.15, 0.2) is 0 Å². The Labute approximate surface area is 112 Å².